The van der Waals surface area contributed by atoms with Gasteiger partial charge in [-0.05, 0) is 7.05 Å². The number of likely N-dealkylation sites (N-methyl/N-ethyl adjacent to an activating group) is 1. The molecule has 6 nitrogen and oxygen atoms in total. The molecule has 1 atom stereocenters. The maximum atomic E-state index is 11.5. The highest BCUT2D eigenvalue weighted by Gasteiger charge is 2.33. The van der Waals surface area contributed by atoms with Crippen molar-refractivity contribution in [1.82, 2.24) is 20.7 Å². The van der Waals surface area contributed by atoms with Gasteiger partial charge in [0.2, 0.25) is 5.91 Å². The van der Waals surface area contributed by atoms with E-state index >= 15 is 0 Å². The summed E-state index contributed by atoms with van der Waals surface area (Å²) in [6, 6.07) is -0.285. The van der Waals surface area contributed by atoms with Gasteiger partial charge in [-0.3, -0.25) is 25.3 Å². The fourth-order valence-corrected chi connectivity index (χ4v) is 1.96. The van der Waals surface area contributed by atoms with E-state index in [1.807, 2.05) is 0 Å². The number of piperazine rings is 1. The summed E-state index contributed by atoms with van der Waals surface area (Å²) in [7, 11) is 2.06. The Morgan fingerprint density at radius 1 is 1.13 bits per heavy atom. The van der Waals surface area contributed by atoms with Crippen LogP contribution in [0.1, 0.15) is 6.42 Å². The smallest absolute Gasteiger partial charge is 0.256 e. The Balaban J connectivity index is 1.96. The zero-order valence-electron chi connectivity index (χ0n) is 8.82. The van der Waals surface area contributed by atoms with E-state index in [1.165, 1.54) is 0 Å². The number of hydrogen-bond donors (Lipinski definition) is 2. The zero-order chi connectivity index (χ0) is 10.8. The summed E-state index contributed by atoms with van der Waals surface area (Å²) in [4.78, 5) is 27.0. The molecule has 0 aromatic heterocycles. The molecule has 0 aromatic carbocycles. The summed E-state index contributed by atoms with van der Waals surface area (Å²) in [5.74, 6) is -0.210. The van der Waals surface area contributed by atoms with Gasteiger partial charge >= 0.3 is 0 Å². The van der Waals surface area contributed by atoms with E-state index in [2.05, 4.69) is 27.7 Å². The van der Waals surface area contributed by atoms with Crippen molar-refractivity contribution in [3.63, 3.8) is 0 Å². The van der Waals surface area contributed by atoms with Crippen molar-refractivity contribution in [3.05, 3.63) is 0 Å². The Morgan fingerprint density at radius 2 is 1.80 bits per heavy atom. The van der Waals surface area contributed by atoms with Gasteiger partial charge < -0.3 is 4.90 Å². The molecule has 0 spiro atoms. The van der Waals surface area contributed by atoms with Crippen LogP contribution in [0.4, 0.5) is 0 Å². The molecule has 2 rings (SSSR count). The molecule has 2 saturated heterocycles. The van der Waals surface area contributed by atoms with Crippen LogP contribution >= 0.6 is 0 Å². The van der Waals surface area contributed by atoms with Gasteiger partial charge in [0.05, 0.1) is 12.5 Å². The molecule has 0 aromatic rings. The van der Waals surface area contributed by atoms with Gasteiger partial charge in [-0.15, -0.1) is 0 Å². The SMILES string of the molecule is CN1CCN([C@H]2CC(=O)NNC2=O)CC1. The third-order valence-electron chi connectivity index (χ3n) is 2.99. The molecule has 0 aliphatic carbocycles. The number of amides is 2. The first-order valence-corrected chi connectivity index (χ1v) is 5.18. The minimum Gasteiger partial charge on any atom is -0.304 e. The molecule has 2 N–H and O–H groups in total. The summed E-state index contributed by atoms with van der Waals surface area (Å²) in [5.41, 5.74) is 4.73. The number of nitrogens with one attached hydrogen (secondary N) is 2. The van der Waals surface area contributed by atoms with E-state index in [-0.39, 0.29) is 24.3 Å². The highest BCUT2D eigenvalue weighted by Crippen LogP contribution is 2.10. The number of hydrogen-bond acceptors (Lipinski definition) is 4. The Kier molecular flexibility index (Phi) is 2.88. The minimum absolute atomic E-state index is 0.0980. The standard InChI is InChI=1S/C9H16N4O2/c1-12-2-4-13(5-3-12)7-6-8(14)10-11-9(7)15/h7H,2-6H2,1H3,(H,10,14)(H,11,15)/t7-/m0/s1. The van der Waals surface area contributed by atoms with Gasteiger partial charge in [0.15, 0.2) is 0 Å². The van der Waals surface area contributed by atoms with Crippen molar-refractivity contribution in [1.29, 1.82) is 0 Å². The van der Waals surface area contributed by atoms with Crippen molar-refractivity contribution in [3.8, 4) is 0 Å². The van der Waals surface area contributed by atoms with Crippen molar-refractivity contribution in [2.75, 3.05) is 33.2 Å². The molecule has 15 heavy (non-hydrogen) atoms. The van der Waals surface area contributed by atoms with E-state index in [9.17, 15) is 9.59 Å². The second-order valence-corrected chi connectivity index (χ2v) is 4.10. The topological polar surface area (TPSA) is 64.7 Å². The Labute approximate surface area is 88.6 Å². The van der Waals surface area contributed by atoms with Crippen LogP contribution in [0.25, 0.3) is 0 Å². The van der Waals surface area contributed by atoms with Gasteiger partial charge in [0, 0.05) is 26.2 Å². The first kappa shape index (κ1) is 10.4. The third-order valence-corrected chi connectivity index (χ3v) is 2.99. The lowest BCUT2D eigenvalue weighted by molar-refractivity contribution is -0.140. The Morgan fingerprint density at radius 3 is 2.47 bits per heavy atom. The average Bonchev–Trinajstić information content (AvgIpc) is 2.23. The van der Waals surface area contributed by atoms with Crippen LogP contribution in [0, 0.1) is 0 Å². The maximum absolute atomic E-state index is 11.5. The molecule has 2 aliphatic rings. The summed E-state index contributed by atoms with van der Waals surface area (Å²) in [5, 5.41) is 0. The monoisotopic (exact) mass is 212 g/mol. The second-order valence-electron chi connectivity index (χ2n) is 4.10. The fraction of sp³-hybridized carbons (Fsp3) is 0.778. The number of hydrazine groups is 1. The summed E-state index contributed by atoms with van der Waals surface area (Å²) in [6.07, 6.45) is 0.273. The first-order chi connectivity index (χ1) is 7.16. The number of nitrogens with zero attached hydrogens (tertiary/aromatic N) is 2. The molecule has 2 amide bonds. The predicted octanol–water partition coefficient (Wildman–Crippen LogP) is -1.85. The normalized spacial score (nSPS) is 29.8. The van der Waals surface area contributed by atoms with Crippen molar-refractivity contribution < 1.29 is 9.59 Å². The van der Waals surface area contributed by atoms with Gasteiger partial charge in [0.1, 0.15) is 0 Å². The molecule has 0 unspecified atom stereocenters. The molecule has 0 bridgehead atoms. The molecule has 6 heteroatoms. The van der Waals surface area contributed by atoms with Gasteiger partial charge in [-0.1, -0.05) is 0 Å². The van der Waals surface area contributed by atoms with Crippen LogP contribution in [-0.4, -0.2) is 60.9 Å². The summed E-state index contributed by atoms with van der Waals surface area (Å²) < 4.78 is 0. The third kappa shape index (κ3) is 2.27. The first-order valence-electron chi connectivity index (χ1n) is 5.18. The van der Waals surface area contributed by atoms with Crippen LogP contribution < -0.4 is 10.9 Å². The summed E-state index contributed by atoms with van der Waals surface area (Å²) in [6.45, 7) is 3.60. The Hall–Kier alpha value is -1.14. The highest BCUT2D eigenvalue weighted by atomic mass is 16.2. The van der Waals surface area contributed by atoms with Gasteiger partial charge in [-0.25, -0.2) is 0 Å². The van der Waals surface area contributed by atoms with Crippen molar-refractivity contribution >= 4 is 11.8 Å². The zero-order valence-corrected chi connectivity index (χ0v) is 8.82. The number of rotatable bonds is 1. The molecule has 0 saturated carbocycles. The molecule has 84 valence electrons. The van der Waals surface area contributed by atoms with Crippen LogP contribution in [0.2, 0.25) is 0 Å². The van der Waals surface area contributed by atoms with Crippen LogP contribution in [-0.2, 0) is 9.59 Å². The van der Waals surface area contributed by atoms with E-state index < -0.39 is 0 Å². The van der Waals surface area contributed by atoms with Crippen LogP contribution in [0.5, 0.6) is 0 Å². The predicted molar refractivity (Wildman–Crippen MR) is 53.8 cm³/mol. The van der Waals surface area contributed by atoms with Crippen molar-refractivity contribution in [2.24, 2.45) is 0 Å². The van der Waals surface area contributed by atoms with Crippen LogP contribution in [0.3, 0.4) is 0 Å². The fourth-order valence-electron chi connectivity index (χ4n) is 1.96. The lowest BCUT2D eigenvalue weighted by atomic mass is 10.1. The average molecular weight is 212 g/mol. The van der Waals surface area contributed by atoms with E-state index in [1.54, 1.807) is 0 Å². The van der Waals surface area contributed by atoms with E-state index in [0.717, 1.165) is 26.2 Å². The maximum Gasteiger partial charge on any atom is 0.256 e. The lowest BCUT2D eigenvalue weighted by Gasteiger charge is -2.38. The largest absolute Gasteiger partial charge is 0.304 e. The molecular formula is C9H16N4O2. The van der Waals surface area contributed by atoms with Gasteiger partial charge in [-0.2, -0.15) is 0 Å². The minimum atomic E-state index is -0.285. The molecule has 2 aliphatic heterocycles. The quantitative estimate of drug-likeness (QED) is 0.536. The van der Waals surface area contributed by atoms with Crippen molar-refractivity contribution in [2.45, 2.75) is 12.5 Å². The number of carbonyl (C=O) groups excluding carboxylic acids is 2. The van der Waals surface area contributed by atoms with E-state index in [4.69, 9.17) is 0 Å². The lowest BCUT2D eigenvalue weighted by Crippen LogP contribution is -2.61. The molecule has 2 heterocycles. The molecular weight excluding hydrogens is 196 g/mol. The second kappa shape index (κ2) is 4.16. The molecule has 2 fully saturated rings. The summed E-state index contributed by atoms with van der Waals surface area (Å²) >= 11 is 0. The molecule has 0 radical (unpaired) electrons. The highest BCUT2D eigenvalue weighted by molar-refractivity contribution is 5.93. The Bertz CT molecular complexity index is 273. The van der Waals surface area contributed by atoms with Crippen LogP contribution in [0.15, 0.2) is 0 Å². The van der Waals surface area contributed by atoms with Gasteiger partial charge in [0.25, 0.3) is 5.91 Å². The van der Waals surface area contributed by atoms with E-state index in [0.29, 0.717) is 0 Å². The number of carbonyl (C=O) groups is 2.